The first kappa shape index (κ1) is 23.6. The molecule has 0 unspecified atom stereocenters. The quantitative estimate of drug-likeness (QED) is 0.161. The van der Waals surface area contributed by atoms with E-state index in [4.69, 9.17) is 0 Å². The summed E-state index contributed by atoms with van der Waals surface area (Å²) in [6.07, 6.45) is 26.0. The van der Waals surface area contributed by atoms with E-state index in [9.17, 15) is 9.59 Å². The van der Waals surface area contributed by atoms with Gasteiger partial charge in [-0.25, -0.2) is 0 Å². The van der Waals surface area contributed by atoms with Gasteiger partial charge >= 0.3 is 11.9 Å². The maximum absolute atomic E-state index is 10.0. The van der Waals surface area contributed by atoms with Crippen molar-refractivity contribution in [1.82, 2.24) is 0 Å². The van der Waals surface area contributed by atoms with Crippen molar-refractivity contribution in [2.75, 3.05) is 0 Å². The van der Waals surface area contributed by atoms with Gasteiger partial charge in [-0.15, -0.1) is 0 Å². The van der Waals surface area contributed by atoms with Crippen LogP contribution in [0.2, 0.25) is 0 Å². The first-order valence-corrected chi connectivity index (χ1v) is 10.3. The summed E-state index contributed by atoms with van der Waals surface area (Å²) in [6, 6.07) is 0. The molecule has 0 N–H and O–H groups in total. The smallest absolute Gasteiger partial charge is 0.314 e. The molecule has 1 aliphatic rings. The second kappa shape index (κ2) is 19.0. The van der Waals surface area contributed by atoms with Crippen molar-refractivity contribution in [2.24, 2.45) is 0 Å². The summed E-state index contributed by atoms with van der Waals surface area (Å²) in [6.45, 7) is 4.54. The van der Waals surface area contributed by atoms with Gasteiger partial charge in [-0.05, 0) is 25.7 Å². The third kappa shape index (κ3) is 18.8. The average molecular weight is 351 g/mol. The molecule has 0 amide bonds. The van der Waals surface area contributed by atoms with Crippen molar-refractivity contribution >= 4 is 11.9 Å². The van der Waals surface area contributed by atoms with E-state index >= 15 is 0 Å². The highest BCUT2D eigenvalue weighted by atomic mass is 16.6. The molecule has 3 nitrogen and oxygen atoms in total. The number of carbonyl (C=O) groups excluding carboxylic acids is 2. The molecule has 0 radical (unpaired) electrons. The Hall–Kier alpha value is -1.38. The minimum absolute atomic E-state index is 0.263. The Balaban J connectivity index is 0.000000676. The van der Waals surface area contributed by atoms with Gasteiger partial charge in [0.1, 0.15) is 0 Å². The second-order valence-corrected chi connectivity index (χ2v) is 6.61. The Bertz CT molecular complexity index is 369. The van der Waals surface area contributed by atoms with Crippen LogP contribution in [-0.4, -0.2) is 11.9 Å². The lowest BCUT2D eigenvalue weighted by Crippen LogP contribution is -1.94. The maximum Gasteiger partial charge on any atom is 0.314 e. The van der Waals surface area contributed by atoms with Crippen molar-refractivity contribution in [3.8, 4) is 0 Å². The Morgan fingerprint density at radius 2 is 1.08 bits per heavy atom. The molecule has 0 spiro atoms. The van der Waals surface area contributed by atoms with Gasteiger partial charge < -0.3 is 4.74 Å². The van der Waals surface area contributed by atoms with Gasteiger partial charge in [-0.1, -0.05) is 89.5 Å². The standard InChI is InChI=1S/C18H34.C4H4O3/c1-3-5-7-9-11-13-15-17-18-16-14-12-10-8-6-4-2;5-3-1-2-4(6)7-3/h13,15,17-18H,3-12,14,16H2,1-2H3;1-2H2/b15-13+,18-17+;. The van der Waals surface area contributed by atoms with Crippen LogP contribution in [0.3, 0.4) is 0 Å². The third-order valence-electron chi connectivity index (χ3n) is 4.09. The summed E-state index contributed by atoms with van der Waals surface area (Å²) in [5, 5.41) is 0. The minimum Gasteiger partial charge on any atom is -0.393 e. The highest BCUT2D eigenvalue weighted by Crippen LogP contribution is 2.07. The molecular formula is C22H38O3. The van der Waals surface area contributed by atoms with Crippen molar-refractivity contribution in [2.45, 2.75) is 104 Å². The summed E-state index contributed by atoms with van der Waals surface area (Å²) in [5.74, 6) is -0.796. The zero-order valence-electron chi connectivity index (χ0n) is 16.4. The molecule has 0 aromatic heterocycles. The Labute approximate surface area is 154 Å². The number of hydrogen-bond donors (Lipinski definition) is 0. The van der Waals surface area contributed by atoms with E-state index in [1.807, 2.05) is 0 Å². The van der Waals surface area contributed by atoms with E-state index in [1.54, 1.807) is 0 Å². The molecule has 1 rings (SSSR count). The van der Waals surface area contributed by atoms with Crippen LogP contribution >= 0.6 is 0 Å². The fraction of sp³-hybridized carbons (Fsp3) is 0.727. The second-order valence-electron chi connectivity index (χ2n) is 6.61. The number of ether oxygens (including phenoxy) is 1. The number of cyclic esters (lactones) is 2. The molecule has 1 saturated heterocycles. The van der Waals surface area contributed by atoms with Crippen LogP contribution in [0.5, 0.6) is 0 Å². The van der Waals surface area contributed by atoms with Crippen LogP contribution in [0.15, 0.2) is 24.3 Å². The Morgan fingerprint density at radius 1 is 0.680 bits per heavy atom. The van der Waals surface area contributed by atoms with Crippen LogP contribution in [-0.2, 0) is 14.3 Å². The molecule has 0 aromatic rings. The molecule has 1 fully saturated rings. The number of esters is 2. The fourth-order valence-corrected chi connectivity index (χ4v) is 2.51. The lowest BCUT2D eigenvalue weighted by Gasteiger charge is -1.97. The zero-order chi connectivity index (χ0) is 18.6. The summed E-state index contributed by atoms with van der Waals surface area (Å²) in [4.78, 5) is 20.0. The summed E-state index contributed by atoms with van der Waals surface area (Å²) >= 11 is 0. The highest BCUT2D eigenvalue weighted by Gasteiger charge is 2.19. The van der Waals surface area contributed by atoms with E-state index in [0.29, 0.717) is 0 Å². The van der Waals surface area contributed by atoms with Gasteiger partial charge in [-0.2, -0.15) is 0 Å². The van der Waals surface area contributed by atoms with E-state index in [0.717, 1.165) is 0 Å². The fourth-order valence-electron chi connectivity index (χ4n) is 2.51. The van der Waals surface area contributed by atoms with Gasteiger partial charge in [0.05, 0.1) is 12.8 Å². The lowest BCUT2D eigenvalue weighted by molar-refractivity contribution is -0.151. The van der Waals surface area contributed by atoms with Crippen LogP contribution in [0, 0.1) is 0 Å². The van der Waals surface area contributed by atoms with Crippen molar-refractivity contribution in [3.63, 3.8) is 0 Å². The normalized spacial score (nSPS) is 14.2. The summed E-state index contributed by atoms with van der Waals surface area (Å²) in [7, 11) is 0. The Kier molecular flexibility index (Phi) is 17.9. The molecule has 0 aliphatic carbocycles. The SMILES string of the molecule is CCCCCC/C=C/C=C/CCCCCCCC.O=C1CCC(=O)O1. The topological polar surface area (TPSA) is 43.4 Å². The van der Waals surface area contributed by atoms with E-state index in [1.165, 1.54) is 77.0 Å². The number of carbonyl (C=O) groups is 2. The van der Waals surface area contributed by atoms with Gasteiger partial charge in [0, 0.05) is 0 Å². The van der Waals surface area contributed by atoms with Crippen LogP contribution in [0.25, 0.3) is 0 Å². The van der Waals surface area contributed by atoms with Gasteiger partial charge in [0.2, 0.25) is 0 Å². The van der Waals surface area contributed by atoms with E-state index < -0.39 is 11.9 Å². The first-order valence-electron chi connectivity index (χ1n) is 10.3. The number of allylic oxidation sites excluding steroid dienone is 4. The molecule has 0 atom stereocenters. The first-order chi connectivity index (χ1) is 12.2. The average Bonchev–Trinajstić information content (AvgIpc) is 2.99. The highest BCUT2D eigenvalue weighted by molar-refractivity contribution is 5.92. The molecule has 0 aromatic carbocycles. The number of unbranched alkanes of at least 4 members (excludes halogenated alkanes) is 10. The molecule has 3 heteroatoms. The molecule has 25 heavy (non-hydrogen) atoms. The molecular weight excluding hydrogens is 312 g/mol. The maximum atomic E-state index is 10.0. The molecule has 0 saturated carbocycles. The van der Waals surface area contributed by atoms with E-state index in [2.05, 4.69) is 42.9 Å². The van der Waals surface area contributed by atoms with E-state index in [-0.39, 0.29) is 12.8 Å². The minimum atomic E-state index is -0.398. The molecule has 0 bridgehead atoms. The zero-order valence-corrected chi connectivity index (χ0v) is 16.4. The van der Waals surface area contributed by atoms with Crippen LogP contribution in [0.1, 0.15) is 104 Å². The lowest BCUT2D eigenvalue weighted by atomic mass is 10.1. The van der Waals surface area contributed by atoms with Crippen molar-refractivity contribution in [1.29, 1.82) is 0 Å². The van der Waals surface area contributed by atoms with Gasteiger partial charge in [0.15, 0.2) is 0 Å². The number of hydrogen-bond acceptors (Lipinski definition) is 3. The molecule has 144 valence electrons. The van der Waals surface area contributed by atoms with Gasteiger partial charge in [-0.3, -0.25) is 9.59 Å². The molecule has 1 aliphatic heterocycles. The molecule has 1 heterocycles. The third-order valence-corrected chi connectivity index (χ3v) is 4.09. The monoisotopic (exact) mass is 350 g/mol. The summed E-state index contributed by atoms with van der Waals surface area (Å²) in [5.41, 5.74) is 0. The van der Waals surface area contributed by atoms with Crippen molar-refractivity contribution in [3.05, 3.63) is 24.3 Å². The summed E-state index contributed by atoms with van der Waals surface area (Å²) < 4.78 is 4.08. The number of rotatable bonds is 13. The van der Waals surface area contributed by atoms with Crippen LogP contribution in [0.4, 0.5) is 0 Å². The van der Waals surface area contributed by atoms with Crippen molar-refractivity contribution < 1.29 is 14.3 Å². The predicted octanol–water partition coefficient (Wildman–Crippen LogP) is 6.67. The predicted molar refractivity (Wildman–Crippen MR) is 105 cm³/mol. The van der Waals surface area contributed by atoms with Gasteiger partial charge in [0.25, 0.3) is 0 Å². The van der Waals surface area contributed by atoms with Crippen LogP contribution < -0.4 is 0 Å². The largest absolute Gasteiger partial charge is 0.393 e. The Morgan fingerprint density at radius 3 is 1.48 bits per heavy atom.